The molecule has 0 rings (SSSR count). The molecule has 0 saturated carbocycles. The summed E-state index contributed by atoms with van der Waals surface area (Å²) in [7, 11) is -22.4. The van der Waals surface area contributed by atoms with Crippen LogP contribution in [0.4, 0.5) is 0 Å². The highest BCUT2D eigenvalue weighted by Gasteiger charge is 2.44. The summed E-state index contributed by atoms with van der Waals surface area (Å²) in [4.78, 5) is 43.4. The molecule has 0 aliphatic rings. The smallest absolute Gasteiger partial charge is 0.394 e. The number of aliphatic hydroxyl groups excluding tert-OH is 1. The zero-order chi connectivity index (χ0) is 18.4. The van der Waals surface area contributed by atoms with Crippen LogP contribution in [0.25, 0.3) is 0 Å². The van der Waals surface area contributed by atoms with Crippen molar-refractivity contribution in [3.63, 3.8) is 0 Å². The fraction of sp³-hybridized carbons (Fsp3) is 1.00. The second-order valence-electron chi connectivity index (χ2n) is 3.31. The summed E-state index contributed by atoms with van der Waals surface area (Å²) >= 11 is 0. The maximum Gasteiger partial charge on any atom is 0.490 e. The van der Waals surface area contributed by atoms with Crippen LogP contribution in [0.1, 0.15) is 0 Å². The maximum atomic E-state index is 11.3. The number of rotatable bonds is 12. The van der Waals surface area contributed by atoms with Gasteiger partial charge in [-0.15, -0.1) is 0 Å². The van der Waals surface area contributed by atoms with Crippen LogP contribution in [-0.2, 0) is 40.5 Å². The molecule has 0 amide bonds. The normalized spacial score (nSPS) is 20.4. The molecule has 0 spiro atoms. The molecular weight excluding hydrogens is 412 g/mol. The molecule has 0 bridgehead atoms. The molecule has 3 atom stereocenters. The van der Waals surface area contributed by atoms with Crippen molar-refractivity contribution in [2.75, 3.05) is 26.4 Å². The Balaban J connectivity index is 4.59. The van der Waals surface area contributed by atoms with E-state index in [2.05, 4.69) is 22.2 Å². The number of ether oxygens (including phenoxy) is 1. The molecule has 0 aromatic carbocycles. The lowest BCUT2D eigenvalue weighted by Crippen LogP contribution is -2.07. The SMILES string of the molecule is O=P(O)(O)OP(=O)(O)OP(=O)(O)OP(=O)(O)OCCOCCO. The van der Waals surface area contributed by atoms with Gasteiger partial charge in [-0.25, -0.2) is 18.3 Å². The Kier molecular flexibility index (Phi) is 9.45. The molecule has 23 heavy (non-hydrogen) atoms. The summed E-state index contributed by atoms with van der Waals surface area (Å²) in [5.74, 6) is 0. The van der Waals surface area contributed by atoms with Gasteiger partial charge in [0.25, 0.3) is 0 Å². The average molecular weight is 426 g/mol. The molecule has 3 unspecified atom stereocenters. The second kappa shape index (κ2) is 9.25. The molecule has 140 valence electrons. The molecule has 0 aromatic rings. The molecule has 19 heteroatoms. The molecule has 0 radical (unpaired) electrons. The van der Waals surface area contributed by atoms with Gasteiger partial charge >= 0.3 is 31.3 Å². The van der Waals surface area contributed by atoms with Crippen LogP contribution in [-0.4, -0.2) is 56.0 Å². The van der Waals surface area contributed by atoms with Crippen molar-refractivity contribution in [2.24, 2.45) is 0 Å². The molecule has 0 aliphatic carbocycles. The van der Waals surface area contributed by atoms with Gasteiger partial charge in [-0.3, -0.25) is 4.52 Å². The Hall–Kier alpha value is 0.480. The number of aliphatic hydroxyl groups is 1. The van der Waals surface area contributed by atoms with Crippen LogP contribution in [0, 0.1) is 0 Å². The highest BCUT2D eigenvalue weighted by molar-refractivity contribution is 7.69. The molecule has 0 aliphatic heterocycles. The standard InChI is InChI=1S/C4H14O15P4/c5-1-2-15-3-4-16-21(9,10)18-23(13,14)19-22(11,12)17-20(6,7)8/h5H,1-4H2,(H,9,10)(H,11,12)(H,13,14)(H2,6,7,8). The first-order valence-electron chi connectivity index (χ1n) is 5.19. The average Bonchev–Trinajstić information content (AvgIpc) is 2.21. The van der Waals surface area contributed by atoms with Crippen molar-refractivity contribution in [3.05, 3.63) is 0 Å². The van der Waals surface area contributed by atoms with E-state index in [1.54, 1.807) is 0 Å². The maximum absolute atomic E-state index is 11.3. The molecule has 0 aromatic heterocycles. The van der Waals surface area contributed by atoms with Crippen LogP contribution < -0.4 is 0 Å². The van der Waals surface area contributed by atoms with Crippen molar-refractivity contribution < 1.29 is 70.0 Å². The summed E-state index contributed by atoms with van der Waals surface area (Å²) in [6.45, 7) is -1.40. The van der Waals surface area contributed by atoms with Gasteiger partial charge in [-0.1, -0.05) is 0 Å². The summed E-state index contributed by atoms with van der Waals surface area (Å²) in [6.07, 6.45) is 0. The molecule has 6 N–H and O–H groups in total. The van der Waals surface area contributed by atoms with Crippen molar-refractivity contribution in [3.8, 4) is 0 Å². The Morgan fingerprint density at radius 3 is 1.61 bits per heavy atom. The summed E-state index contributed by atoms with van der Waals surface area (Å²) in [5.41, 5.74) is 0. The zero-order valence-corrected chi connectivity index (χ0v) is 14.6. The van der Waals surface area contributed by atoms with Crippen molar-refractivity contribution in [1.82, 2.24) is 0 Å². The lowest BCUT2D eigenvalue weighted by atomic mass is 10.7. The minimum Gasteiger partial charge on any atom is -0.394 e. The molecule has 15 nitrogen and oxygen atoms in total. The monoisotopic (exact) mass is 426 g/mol. The Morgan fingerprint density at radius 2 is 1.13 bits per heavy atom. The van der Waals surface area contributed by atoms with E-state index in [0.29, 0.717) is 0 Å². The van der Waals surface area contributed by atoms with Crippen LogP contribution >= 0.6 is 31.3 Å². The largest absolute Gasteiger partial charge is 0.490 e. The lowest BCUT2D eigenvalue weighted by Gasteiger charge is -2.18. The first kappa shape index (κ1) is 23.5. The van der Waals surface area contributed by atoms with Gasteiger partial charge in [0.15, 0.2) is 0 Å². The van der Waals surface area contributed by atoms with Gasteiger partial charge in [-0.05, 0) is 0 Å². The Morgan fingerprint density at radius 1 is 0.652 bits per heavy atom. The molecule has 0 fully saturated rings. The number of phosphoric ester groups is 1. The fourth-order valence-electron chi connectivity index (χ4n) is 0.827. The van der Waals surface area contributed by atoms with Gasteiger partial charge in [0.1, 0.15) is 0 Å². The Bertz CT molecular complexity index is 550. The van der Waals surface area contributed by atoms with Crippen LogP contribution in [0.3, 0.4) is 0 Å². The minimum absolute atomic E-state index is 0.116. The third-order valence-corrected chi connectivity index (χ3v) is 6.83. The van der Waals surface area contributed by atoms with Gasteiger partial charge in [0.05, 0.1) is 26.4 Å². The molecular formula is C4H14O15P4. The quantitative estimate of drug-likeness (QED) is 0.170. The third-order valence-electron chi connectivity index (χ3n) is 1.34. The predicted molar refractivity (Wildman–Crippen MR) is 68.6 cm³/mol. The van der Waals surface area contributed by atoms with Crippen LogP contribution in [0.2, 0.25) is 0 Å². The molecule has 0 saturated heterocycles. The van der Waals surface area contributed by atoms with E-state index >= 15 is 0 Å². The number of phosphoric acid groups is 4. The van der Waals surface area contributed by atoms with Crippen molar-refractivity contribution in [1.29, 1.82) is 0 Å². The van der Waals surface area contributed by atoms with E-state index in [0.717, 1.165) is 0 Å². The van der Waals surface area contributed by atoms with E-state index in [1.807, 2.05) is 0 Å². The summed E-state index contributed by atoms with van der Waals surface area (Å²) in [5, 5.41) is 8.37. The highest BCUT2D eigenvalue weighted by atomic mass is 31.3. The van der Waals surface area contributed by atoms with E-state index < -0.39 is 37.9 Å². The zero-order valence-electron chi connectivity index (χ0n) is 11.0. The van der Waals surface area contributed by atoms with E-state index in [1.165, 1.54) is 0 Å². The Labute approximate surface area is 128 Å². The van der Waals surface area contributed by atoms with Gasteiger partial charge < -0.3 is 34.3 Å². The lowest BCUT2D eigenvalue weighted by molar-refractivity contribution is 0.0614. The van der Waals surface area contributed by atoms with Crippen LogP contribution in [0.15, 0.2) is 0 Å². The minimum atomic E-state index is -5.80. The first-order chi connectivity index (χ1) is 10.2. The van der Waals surface area contributed by atoms with Gasteiger partial charge in [0.2, 0.25) is 0 Å². The van der Waals surface area contributed by atoms with E-state index in [-0.39, 0.29) is 19.8 Å². The van der Waals surface area contributed by atoms with E-state index in [4.69, 9.17) is 29.6 Å². The predicted octanol–water partition coefficient (Wildman–Crippen LogP) is -0.544. The summed E-state index contributed by atoms with van der Waals surface area (Å²) in [6, 6.07) is 0. The van der Waals surface area contributed by atoms with Crippen molar-refractivity contribution >= 4 is 31.3 Å². The van der Waals surface area contributed by atoms with Gasteiger partial charge in [0, 0.05) is 0 Å². The summed E-state index contributed by atoms with van der Waals surface area (Å²) < 4.78 is 62.8. The number of hydrogen-bond acceptors (Lipinski definition) is 10. The van der Waals surface area contributed by atoms with Crippen LogP contribution in [0.5, 0.6) is 0 Å². The van der Waals surface area contributed by atoms with Gasteiger partial charge in [-0.2, -0.15) is 12.9 Å². The van der Waals surface area contributed by atoms with E-state index in [9.17, 15) is 18.3 Å². The molecule has 0 heterocycles. The highest BCUT2D eigenvalue weighted by Crippen LogP contribution is 2.70. The van der Waals surface area contributed by atoms with Crippen molar-refractivity contribution in [2.45, 2.75) is 0 Å². The first-order valence-corrected chi connectivity index (χ1v) is 11.2. The fourth-order valence-corrected chi connectivity index (χ4v) is 5.26. The topological polar surface area (TPSA) is 236 Å². The number of hydrogen-bond donors (Lipinski definition) is 6. The second-order valence-corrected chi connectivity index (χ2v) is 9.32. The third kappa shape index (κ3) is 13.4.